The van der Waals surface area contributed by atoms with Crippen molar-refractivity contribution in [1.29, 1.82) is 0 Å². The number of hydrogen-bond acceptors (Lipinski definition) is 1. The van der Waals surface area contributed by atoms with E-state index in [1.807, 2.05) is 6.92 Å². The van der Waals surface area contributed by atoms with Crippen LogP contribution in [0.4, 0.5) is 4.39 Å². The van der Waals surface area contributed by atoms with Crippen LogP contribution in [0.2, 0.25) is 5.15 Å². The normalized spacial score (nSPS) is 9.90. The van der Waals surface area contributed by atoms with E-state index in [9.17, 15) is 4.39 Å². The van der Waals surface area contributed by atoms with Gasteiger partial charge in [-0.25, -0.2) is 4.98 Å². The lowest BCUT2D eigenvalue weighted by molar-refractivity contribution is 0.583. The van der Waals surface area contributed by atoms with E-state index in [1.165, 1.54) is 6.07 Å². The van der Waals surface area contributed by atoms with E-state index >= 15 is 0 Å². The van der Waals surface area contributed by atoms with Crippen LogP contribution in [0.15, 0.2) is 12.1 Å². The highest BCUT2D eigenvalue weighted by molar-refractivity contribution is 6.30. The minimum absolute atomic E-state index is 0.211. The smallest absolute Gasteiger partial charge is 0.208 e. The van der Waals surface area contributed by atoms with Gasteiger partial charge in [0.25, 0.3) is 0 Å². The Labute approximate surface area is 63.8 Å². The third kappa shape index (κ3) is 1.45. The van der Waals surface area contributed by atoms with Crippen molar-refractivity contribution in [3.8, 4) is 0 Å². The van der Waals surface area contributed by atoms with E-state index in [1.54, 1.807) is 12.5 Å². The molecule has 0 fully saturated rings. The van der Waals surface area contributed by atoms with Crippen LogP contribution < -0.4 is 0 Å². The zero-order chi connectivity index (χ0) is 7.56. The molecule has 1 aromatic rings. The number of halogens is 2. The standard InChI is InChI=1S/C7H6ClFN/c1-2-5-3-4-6(9)10-7(5)8/h2-4H,1H3. The third-order valence-electron chi connectivity index (χ3n) is 1.15. The van der Waals surface area contributed by atoms with E-state index in [0.717, 1.165) is 5.56 Å². The Hall–Kier alpha value is -0.630. The van der Waals surface area contributed by atoms with Crippen molar-refractivity contribution in [2.24, 2.45) is 0 Å². The highest BCUT2D eigenvalue weighted by Gasteiger charge is 1.99. The average Bonchev–Trinajstić information content (AvgIpc) is 1.88. The van der Waals surface area contributed by atoms with Gasteiger partial charge < -0.3 is 0 Å². The summed E-state index contributed by atoms with van der Waals surface area (Å²) in [5.41, 5.74) is 0.753. The van der Waals surface area contributed by atoms with Crippen molar-refractivity contribution in [2.75, 3.05) is 0 Å². The molecular formula is C7H6ClFN. The molecule has 1 aromatic heterocycles. The Morgan fingerprint density at radius 1 is 1.60 bits per heavy atom. The average molecular weight is 159 g/mol. The molecule has 0 aliphatic rings. The summed E-state index contributed by atoms with van der Waals surface area (Å²) >= 11 is 5.55. The number of rotatable bonds is 1. The molecule has 53 valence electrons. The molecule has 0 N–H and O–H groups in total. The molecule has 0 aliphatic heterocycles. The Kier molecular flexibility index (Phi) is 2.22. The Morgan fingerprint density at radius 3 is 2.80 bits per heavy atom. The first-order valence-electron chi connectivity index (χ1n) is 2.85. The minimum atomic E-state index is -0.546. The highest BCUT2D eigenvalue weighted by Crippen LogP contribution is 2.14. The van der Waals surface area contributed by atoms with Crippen molar-refractivity contribution in [1.82, 2.24) is 4.98 Å². The molecule has 1 nitrogen and oxygen atoms in total. The predicted octanol–water partition coefficient (Wildman–Crippen LogP) is 2.45. The van der Waals surface area contributed by atoms with Crippen LogP contribution >= 0.6 is 11.6 Å². The fourth-order valence-corrected chi connectivity index (χ4v) is 0.891. The van der Waals surface area contributed by atoms with Gasteiger partial charge in [0.05, 0.1) is 0 Å². The molecule has 0 spiro atoms. The fourth-order valence-electron chi connectivity index (χ4n) is 0.638. The van der Waals surface area contributed by atoms with Crippen LogP contribution in [-0.2, 0) is 0 Å². The van der Waals surface area contributed by atoms with Crippen LogP contribution in [0, 0.1) is 12.4 Å². The molecule has 0 aliphatic carbocycles. The van der Waals surface area contributed by atoms with Gasteiger partial charge in [-0.1, -0.05) is 24.6 Å². The monoisotopic (exact) mass is 158 g/mol. The lowest BCUT2D eigenvalue weighted by Gasteiger charge is -1.96. The van der Waals surface area contributed by atoms with Crippen LogP contribution in [0.25, 0.3) is 0 Å². The lowest BCUT2D eigenvalue weighted by Crippen LogP contribution is -1.87. The zero-order valence-electron chi connectivity index (χ0n) is 5.44. The van der Waals surface area contributed by atoms with Crippen LogP contribution in [-0.4, -0.2) is 4.98 Å². The van der Waals surface area contributed by atoms with Crippen molar-refractivity contribution in [3.63, 3.8) is 0 Å². The first-order chi connectivity index (χ1) is 4.74. The van der Waals surface area contributed by atoms with Crippen molar-refractivity contribution >= 4 is 11.6 Å². The summed E-state index contributed by atoms with van der Waals surface area (Å²) in [5.74, 6) is -0.546. The maximum Gasteiger partial charge on any atom is 0.214 e. The van der Waals surface area contributed by atoms with E-state index in [4.69, 9.17) is 11.6 Å². The molecule has 0 amide bonds. The first kappa shape index (κ1) is 7.48. The molecule has 10 heavy (non-hydrogen) atoms. The van der Waals surface area contributed by atoms with Crippen molar-refractivity contribution in [3.05, 3.63) is 35.2 Å². The van der Waals surface area contributed by atoms with Gasteiger partial charge >= 0.3 is 0 Å². The Morgan fingerprint density at radius 2 is 2.30 bits per heavy atom. The molecule has 3 heteroatoms. The topological polar surface area (TPSA) is 12.9 Å². The zero-order valence-corrected chi connectivity index (χ0v) is 6.19. The van der Waals surface area contributed by atoms with Crippen molar-refractivity contribution in [2.45, 2.75) is 6.92 Å². The quantitative estimate of drug-likeness (QED) is 0.572. The summed E-state index contributed by atoms with van der Waals surface area (Å²) in [6, 6.07) is 2.87. The summed E-state index contributed by atoms with van der Waals surface area (Å²) < 4.78 is 12.3. The number of nitrogens with zero attached hydrogens (tertiary/aromatic N) is 1. The summed E-state index contributed by atoms with van der Waals surface area (Å²) in [6.07, 6.45) is 1.77. The molecule has 0 aromatic carbocycles. The number of aromatic nitrogens is 1. The second kappa shape index (κ2) is 2.97. The van der Waals surface area contributed by atoms with Gasteiger partial charge in [0.1, 0.15) is 5.15 Å². The van der Waals surface area contributed by atoms with Crippen LogP contribution in [0.5, 0.6) is 0 Å². The highest BCUT2D eigenvalue weighted by atomic mass is 35.5. The molecule has 0 saturated carbocycles. The van der Waals surface area contributed by atoms with Gasteiger partial charge in [0.15, 0.2) is 0 Å². The minimum Gasteiger partial charge on any atom is -0.208 e. The van der Waals surface area contributed by atoms with E-state index in [-0.39, 0.29) is 5.15 Å². The molecule has 0 saturated heterocycles. The number of hydrogen-bond donors (Lipinski definition) is 0. The molecule has 1 rings (SSSR count). The van der Waals surface area contributed by atoms with E-state index in [0.29, 0.717) is 0 Å². The summed E-state index contributed by atoms with van der Waals surface area (Å²) in [6.45, 7) is 1.82. The van der Waals surface area contributed by atoms with Gasteiger partial charge in [0.2, 0.25) is 5.95 Å². The second-order valence-electron chi connectivity index (χ2n) is 1.80. The summed E-state index contributed by atoms with van der Waals surface area (Å²) in [5, 5.41) is 0.211. The molecule has 1 heterocycles. The maximum absolute atomic E-state index is 12.3. The Balaban J connectivity index is 3.07. The fraction of sp³-hybridized carbons (Fsp3) is 0.143. The molecule has 1 radical (unpaired) electrons. The molecule has 0 atom stereocenters. The van der Waals surface area contributed by atoms with Crippen LogP contribution in [0.1, 0.15) is 12.5 Å². The molecule has 0 bridgehead atoms. The number of pyridine rings is 1. The Bertz CT molecular complexity index is 237. The second-order valence-corrected chi connectivity index (χ2v) is 2.16. The molecule has 0 unspecified atom stereocenters. The lowest BCUT2D eigenvalue weighted by atomic mass is 10.2. The van der Waals surface area contributed by atoms with E-state index in [2.05, 4.69) is 4.98 Å². The van der Waals surface area contributed by atoms with Crippen LogP contribution in [0.3, 0.4) is 0 Å². The predicted molar refractivity (Wildman–Crippen MR) is 38.3 cm³/mol. The van der Waals surface area contributed by atoms with Gasteiger partial charge in [-0.15, -0.1) is 0 Å². The first-order valence-corrected chi connectivity index (χ1v) is 3.23. The molecular weight excluding hydrogens is 153 g/mol. The van der Waals surface area contributed by atoms with Crippen molar-refractivity contribution < 1.29 is 4.39 Å². The third-order valence-corrected chi connectivity index (χ3v) is 1.46. The van der Waals surface area contributed by atoms with Gasteiger partial charge in [-0.3, -0.25) is 0 Å². The van der Waals surface area contributed by atoms with E-state index < -0.39 is 5.95 Å². The van der Waals surface area contributed by atoms with Gasteiger partial charge in [-0.05, 0) is 18.1 Å². The SMILES string of the molecule is C[CH]c1ccc(F)nc1Cl. The van der Waals surface area contributed by atoms with Gasteiger partial charge in [0, 0.05) is 0 Å². The largest absolute Gasteiger partial charge is 0.214 e. The summed E-state index contributed by atoms with van der Waals surface area (Å²) in [4.78, 5) is 3.41. The van der Waals surface area contributed by atoms with Gasteiger partial charge in [-0.2, -0.15) is 4.39 Å². The maximum atomic E-state index is 12.3. The summed E-state index contributed by atoms with van der Waals surface area (Å²) in [7, 11) is 0.